The number of carbonyl (C=O) groups excluding carboxylic acids is 3. The van der Waals surface area contributed by atoms with Gasteiger partial charge in [0.05, 0.1) is 16.7 Å². The highest BCUT2D eigenvalue weighted by atomic mass is 32.2. The molecule has 1 aromatic rings. The van der Waals surface area contributed by atoms with Gasteiger partial charge in [0.2, 0.25) is 27.7 Å². The number of fused-ring (bicyclic) bond motifs is 1. The molecule has 0 aromatic heterocycles. The molecular weight excluding hydrogens is 394 g/mol. The number of amides is 3. The molecule has 3 amide bonds. The van der Waals surface area contributed by atoms with Crippen molar-refractivity contribution in [1.29, 1.82) is 0 Å². The molecule has 3 atom stereocenters. The fourth-order valence-electron chi connectivity index (χ4n) is 4.14. The fourth-order valence-corrected chi connectivity index (χ4v) is 5.44. The molecule has 8 nitrogen and oxygen atoms in total. The second-order valence-electron chi connectivity index (χ2n) is 8.13. The molecule has 0 radical (unpaired) electrons. The van der Waals surface area contributed by atoms with E-state index in [0.717, 1.165) is 30.6 Å². The van der Waals surface area contributed by atoms with Crippen LogP contribution in [0.15, 0.2) is 29.2 Å². The SMILES string of the molecule is C[C@H](C(=O)Nc1ccc(S(=O)(=O)NC2CC2)cc1)N1C(=O)[C@H]2CCCC[C@H]2C1=O. The van der Waals surface area contributed by atoms with Gasteiger partial charge < -0.3 is 5.32 Å². The maximum absolute atomic E-state index is 12.6. The van der Waals surface area contributed by atoms with E-state index in [1.54, 1.807) is 6.92 Å². The second kappa shape index (κ2) is 7.53. The van der Waals surface area contributed by atoms with E-state index >= 15 is 0 Å². The van der Waals surface area contributed by atoms with E-state index in [1.807, 2.05) is 0 Å². The van der Waals surface area contributed by atoms with Gasteiger partial charge in [0.15, 0.2) is 0 Å². The molecule has 9 heteroatoms. The van der Waals surface area contributed by atoms with Crippen LogP contribution < -0.4 is 10.0 Å². The minimum atomic E-state index is -3.56. The van der Waals surface area contributed by atoms with Gasteiger partial charge >= 0.3 is 0 Å². The summed E-state index contributed by atoms with van der Waals surface area (Å²) in [5.41, 5.74) is 0.406. The molecule has 2 N–H and O–H groups in total. The Morgan fingerprint density at radius 2 is 1.55 bits per heavy atom. The van der Waals surface area contributed by atoms with Crippen LogP contribution in [-0.4, -0.2) is 43.1 Å². The second-order valence-corrected chi connectivity index (χ2v) is 9.84. The average Bonchev–Trinajstić information content (AvgIpc) is 3.47. The van der Waals surface area contributed by atoms with Crippen molar-refractivity contribution in [3.63, 3.8) is 0 Å². The summed E-state index contributed by atoms with van der Waals surface area (Å²) in [6.45, 7) is 1.54. The lowest BCUT2D eigenvalue weighted by Gasteiger charge is -2.22. The van der Waals surface area contributed by atoms with Gasteiger partial charge in [0.1, 0.15) is 6.04 Å². The van der Waals surface area contributed by atoms with Crippen LogP contribution in [0.25, 0.3) is 0 Å². The van der Waals surface area contributed by atoms with Gasteiger partial charge in [-0.3, -0.25) is 19.3 Å². The molecule has 1 heterocycles. The first-order valence-electron chi connectivity index (χ1n) is 10.1. The van der Waals surface area contributed by atoms with Crippen LogP contribution in [0.5, 0.6) is 0 Å². The van der Waals surface area contributed by atoms with E-state index in [2.05, 4.69) is 10.0 Å². The molecule has 2 aliphatic carbocycles. The third-order valence-corrected chi connectivity index (χ3v) is 7.51. The first-order valence-corrected chi connectivity index (χ1v) is 11.6. The van der Waals surface area contributed by atoms with Crippen LogP contribution in [-0.2, 0) is 24.4 Å². The van der Waals surface area contributed by atoms with E-state index in [9.17, 15) is 22.8 Å². The van der Waals surface area contributed by atoms with Crippen molar-refractivity contribution >= 4 is 33.4 Å². The van der Waals surface area contributed by atoms with Crippen molar-refractivity contribution in [3.8, 4) is 0 Å². The number of rotatable bonds is 6. The topological polar surface area (TPSA) is 113 Å². The van der Waals surface area contributed by atoms with E-state index < -0.39 is 22.0 Å². The van der Waals surface area contributed by atoms with Gasteiger partial charge in [-0.2, -0.15) is 0 Å². The summed E-state index contributed by atoms with van der Waals surface area (Å²) in [6, 6.07) is 4.94. The van der Waals surface area contributed by atoms with E-state index in [4.69, 9.17) is 0 Å². The molecule has 1 saturated heterocycles. The van der Waals surface area contributed by atoms with Crippen LogP contribution in [0.2, 0.25) is 0 Å². The molecule has 3 fully saturated rings. The number of likely N-dealkylation sites (tertiary alicyclic amines) is 1. The number of hydrogen-bond donors (Lipinski definition) is 2. The number of nitrogens with one attached hydrogen (secondary N) is 2. The molecule has 0 spiro atoms. The Balaban J connectivity index is 1.42. The minimum absolute atomic E-state index is 0.0134. The quantitative estimate of drug-likeness (QED) is 0.681. The highest BCUT2D eigenvalue weighted by Crippen LogP contribution is 2.39. The van der Waals surface area contributed by atoms with Crippen LogP contribution in [0.1, 0.15) is 45.4 Å². The van der Waals surface area contributed by atoms with Crippen molar-refractivity contribution in [1.82, 2.24) is 9.62 Å². The summed E-state index contributed by atoms with van der Waals surface area (Å²) in [5, 5.41) is 2.67. The lowest BCUT2D eigenvalue weighted by Crippen LogP contribution is -2.46. The number of benzene rings is 1. The zero-order valence-electron chi connectivity index (χ0n) is 16.3. The lowest BCUT2D eigenvalue weighted by atomic mass is 9.81. The number of hydrogen-bond acceptors (Lipinski definition) is 5. The third-order valence-electron chi connectivity index (χ3n) is 5.97. The normalized spacial score (nSPS) is 25.6. The van der Waals surface area contributed by atoms with Gasteiger partial charge in [-0.25, -0.2) is 13.1 Å². The smallest absolute Gasteiger partial charge is 0.247 e. The number of nitrogens with zero attached hydrogens (tertiary/aromatic N) is 1. The summed E-state index contributed by atoms with van der Waals surface area (Å²) >= 11 is 0. The molecule has 29 heavy (non-hydrogen) atoms. The molecule has 2 saturated carbocycles. The zero-order valence-corrected chi connectivity index (χ0v) is 17.1. The first kappa shape index (κ1) is 20.0. The van der Waals surface area contributed by atoms with Crippen molar-refractivity contribution < 1.29 is 22.8 Å². The highest BCUT2D eigenvalue weighted by Gasteiger charge is 2.50. The maximum atomic E-state index is 12.6. The molecule has 4 rings (SSSR count). The summed E-state index contributed by atoms with van der Waals surface area (Å²) in [7, 11) is -3.56. The molecule has 1 aromatic carbocycles. The van der Waals surface area contributed by atoms with Crippen LogP contribution in [0, 0.1) is 11.8 Å². The summed E-state index contributed by atoms with van der Waals surface area (Å²) in [5.74, 6) is -1.58. The van der Waals surface area contributed by atoms with E-state index in [-0.39, 0.29) is 34.6 Å². The zero-order chi connectivity index (χ0) is 20.8. The van der Waals surface area contributed by atoms with Crippen molar-refractivity contribution in [2.75, 3.05) is 5.32 Å². The van der Waals surface area contributed by atoms with Crippen LogP contribution in [0.3, 0.4) is 0 Å². The number of carbonyl (C=O) groups is 3. The van der Waals surface area contributed by atoms with E-state index in [1.165, 1.54) is 24.3 Å². The Bertz CT molecular complexity index is 915. The Morgan fingerprint density at radius 1 is 1.00 bits per heavy atom. The number of imide groups is 1. The summed E-state index contributed by atoms with van der Waals surface area (Å²) < 4.78 is 27.0. The Morgan fingerprint density at radius 3 is 2.07 bits per heavy atom. The Labute approximate surface area is 170 Å². The van der Waals surface area contributed by atoms with Crippen molar-refractivity contribution in [2.24, 2.45) is 11.8 Å². The lowest BCUT2D eigenvalue weighted by molar-refractivity contribution is -0.146. The van der Waals surface area contributed by atoms with Gasteiger partial charge in [0.25, 0.3) is 0 Å². The van der Waals surface area contributed by atoms with Crippen molar-refractivity contribution in [2.45, 2.75) is 62.4 Å². The summed E-state index contributed by atoms with van der Waals surface area (Å²) in [4.78, 5) is 39.2. The molecule has 3 aliphatic rings. The van der Waals surface area contributed by atoms with Gasteiger partial charge in [-0.05, 0) is 56.9 Å². The Hall–Kier alpha value is -2.26. The average molecular weight is 420 g/mol. The van der Waals surface area contributed by atoms with E-state index in [0.29, 0.717) is 18.5 Å². The van der Waals surface area contributed by atoms with Gasteiger partial charge in [-0.15, -0.1) is 0 Å². The maximum Gasteiger partial charge on any atom is 0.247 e. The fraction of sp³-hybridized carbons (Fsp3) is 0.550. The Kier molecular flexibility index (Phi) is 5.20. The van der Waals surface area contributed by atoms with Gasteiger partial charge in [0, 0.05) is 11.7 Å². The monoisotopic (exact) mass is 419 g/mol. The van der Waals surface area contributed by atoms with Crippen molar-refractivity contribution in [3.05, 3.63) is 24.3 Å². The molecule has 1 aliphatic heterocycles. The number of sulfonamides is 1. The minimum Gasteiger partial charge on any atom is -0.324 e. The number of anilines is 1. The van der Waals surface area contributed by atoms with Crippen LogP contribution in [0.4, 0.5) is 5.69 Å². The molecular formula is C20H25N3O5S. The van der Waals surface area contributed by atoms with Crippen LogP contribution >= 0.6 is 0 Å². The molecule has 0 unspecified atom stereocenters. The largest absolute Gasteiger partial charge is 0.324 e. The van der Waals surface area contributed by atoms with Gasteiger partial charge in [-0.1, -0.05) is 12.8 Å². The predicted molar refractivity (Wildman–Crippen MR) is 105 cm³/mol. The first-order chi connectivity index (χ1) is 13.8. The highest BCUT2D eigenvalue weighted by molar-refractivity contribution is 7.89. The molecule has 0 bridgehead atoms. The predicted octanol–water partition coefficient (Wildman–Crippen LogP) is 1.63. The third kappa shape index (κ3) is 3.93. The standard InChI is InChI=1S/C20H25N3O5S/c1-12(23-19(25)16-4-2-3-5-17(16)20(23)26)18(24)21-13-8-10-15(11-9-13)29(27,28)22-14-6-7-14/h8-12,14,16-17,22H,2-7H2,1H3,(H,21,24)/t12-,16-,17+/m1/s1. The summed E-state index contributed by atoms with van der Waals surface area (Å²) in [6.07, 6.45) is 4.95. The molecule has 156 valence electrons.